The van der Waals surface area contributed by atoms with Crippen molar-refractivity contribution >= 4 is 29.2 Å². The third-order valence-corrected chi connectivity index (χ3v) is 5.27. The van der Waals surface area contributed by atoms with Crippen LogP contribution in [0.25, 0.3) is 0 Å². The van der Waals surface area contributed by atoms with E-state index in [0.29, 0.717) is 17.5 Å². The van der Waals surface area contributed by atoms with Crippen LogP contribution < -0.4 is 16.6 Å². The standard InChI is InChI=1S/C21H22N4O2S/c1-15(20(27)23-17-10-6-3-7-11-17)28-21-24-19(26)14-18(22)25(21)13-12-16-8-4-2-5-9-16/h2-11,14-15H,12-13,22H2,1H3,(H,23,27)/t15-/m1/s1. The van der Waals surface area contributed by atoms with Gasteiger partial charge in [-0.1, -0.05) is 60.3 Å². The minimum Gasteiger partial charge on any atom is -0.385 e. The Balaban J connectivity index is 1.74. The second-order valence-electron chi connectivity index (χ2n) is 6.30. The van der Waals surface area contributed by atoms with Crippen molar-refractivity contribution in [1.82, 2.24) is 9.55 Å². The summed E-state index contributed by atoms with van der Waals surface area (Å²) < 4.78 is 1.78. The molecule has 0 saturated carbocycles. The highest BCUT2D eigenvalue weighted by molar-refractivity contribution is 8.00. The van der Waals surface area contributed by atoms with Gasteiger partial charge in [0.05, 0.1) is 5.25 Å². The zero-order valence-electron chi connectivity index (χ0n) is 15.5. The van der Waals surface area contributed by atoms with Gasteiger partial charge in [-0.15, -0.1) is 0 Å². The number of nitrogen functional groups attached to an aromatic ring is 1. The molecule has 0 aliphatic heterocycles. The van der Waals surface area contributed by atoms with Crippen LogP contribution in [0.1, 0.15) is 12.5 Å². The van der Waals surface area contributed by atoms with Gasteiger partial charge < -0.3 is 15.6 Å². The van der Waals surface area contributed by atoms with Crippen LogP contribution in [-0.2, 0) is 17.8 Å². The van der Waals surface area contributed by atoms with E-state index in [2.05, 4.69) is 10.3 Å². The lowest BCUT2D eigenvalue weighted by molar-refractivity contribution is -0.115. The molecule has 1 amide bonds. The molecule has 3 aromatic rings. The normalized spacial score (nSPS) is 11.8. The summed E-state index contributed by atoms with van der Waals surface area (Å²) in [7, 11) is 0. The maximum absolute atomic E-state index is 12.5. The lowest BCUT2D eigenvalue weighted by Gasteiger charge is -2.17. The Hall–Kier alpha value is -3.06. The molecule has 0 spiro atoms. The third kappa shape index (κ3) is 5.23. The van der Waals surface area contributed by atoms with Gasteiger partial charge in [-0.05, 0) is 31.0 Å². The summed E-state index contributed by atoms with van der Waals surface area (Å²) in [4.78, 5) is 28.4. The molecule has 2 aromatic carbocycles. The quantitative estimate of drug-likeness (QED) is 0.474. The van der Waals surface area contributed by atoms with Crippen molar-refractivity contribution < 1.29 is 4.79 Å². The second-order valence-corrected chi connectivity index (χ2v) is 7.61. The first-order valence-corrected chi connectivity index (χ1v) is 9.85. The van der Waals surface area contributed by atoms with Gasteiger partial charge in [-0.3, -0.25) is 9.59 Å². The van der Waals surface area contributed by atoms with Crippen molar-refractivity contribution in [2.45, 2.75) is 30.3 Å². The van der Waals surface area contributed by atoms with Gasteiger partial charge in [0.2, 0.25) is 5.91 Å². The van der Waals surface area contributed by atoms with Crippen LogP contribution in [0.4, 0.5) is 11.5 Å². The minimum absolute atomic E-state index is 0.164. The predicted octanol–water partition coefficient (Wildman–Crippen LogP) is 3.19. The average Bonchev–Trinajstić information content (AvgIpc) is 2.68. The van der Waals surface area contributed by atoms with Crippen molar-refractivity contribution in [1.29, 1.82) is 0 Å². The number of aryl methyl sites for hydroxylation is 1. The van der Waals surface area contributed by atoms with E-state index in [4.69, 9.17) is 5.73 Å². The molecule has 3 rings (SSSR count). The highest BCUT2D eigenvalue weighted by Crippen LogP contribution is 2.24. The highest BCUT2D eigenvalue weighted by Gasteiger charge is 2.18. The molecule has 0 aliphatic rings. The number of anilines is 2. The van der Waals surface area contributed by atoms with Crippen LogP contribution in [-0.4, -0.2) is 20.7 Å². The van der Waals surface area contributed by atoms with Crippen LogP contribution in [0.3, 0.4) is 0 Å². The molecule has 1 atom stereocenters. The van der Waals surface area contributed by atoms with Crippen molar-refractivity contribution in [3.8, 4) is 0 Å². The Labute approximate surface area is 167 Å². The Kier molecular flexibility index (Phi) is 6.49. The van der Waals surface area contributed by atoms with Crippen molar-refractivity contribution in [2.75, 3.05) is 11.1 Å². The van der Waals surface area contributed by atoms with Gasteiger partial charge in [0, 0.05) is 18.3 Å². The smallest absolute Gasteiger partial charge is 0.275 e. The number of nitrogens with one attached hydrogen (secondary N) is 1. The first-order chi connectivity index (χ1) is 13.5. The molecule has 1 aromatic heterocycles. The molecule has 0 unspecified atom stereocenters. The van der Waals surface area contributed by atoms with E-state index in [1.807, 2.05) is 60.7 Å². The number of benzene rings is 2. The predicted molar refractivity (Wildman–Crippen MR) is 113 cm³/mol. The molecule has 7 heteroatoms. The molecule has 28 heavy (non-hydrogen) atoms. The Morgan fingerprint density at radius 1 is 1.14 bits per heavy atom. The van der Waals surface area contributed by atoms with E-state index in [9.17, 15) is 9.59 Å². The average molecular weight is 395 g/mol. The first-order valence-electron chi connectivity index (χ1n) is 8.97. The van der Waals surface area contributed by atoms with Gasteiger partial charge >= 0.3 is 0 Å². The number of para-hydroxylation sites is 1. The summed E-state index contributed by atoms with van der Waals surface area (Å²) in [6.45, 7) is 2.35. The highest BCUT2D eigenvalue weighted by atomic mass is 32.2. The third-order valence-electron chi connectivity index (χ3n) is 4.18. The van der Waals surface area contributed by atoms with E-state index >= 15 is 0 Å². The number of thioether (sulfide) groups is 1. The summed E-state index contributed by atoms with van der Waals surface area (Å²) in [6.07, 6.45) is 0.744. The fourth-order valence-electron chi connectivity index (χ4n) is 2.68. The van der Waals surface area contributed by atoms with Gasteiger partial charge in [0.25, 0.3) is 5.56 Å². The number of amides is 1. The number of aromatic nitrogens is 2. The number of carbonyl (C=O) groups excluding carboxylic acids is 1. The molecule has 0 radical (unpaired) electrons. The number of nitrogens with zero attached hydrogens (tertiary/aromatic N) is 2. The lowest BCUT2D eigenvalue weighted by atomic mass is 10.1. The molecule has 1 heterocycles. The van der Waals surface area contributed by atoms with Crippen molar-refractivity contribution in [3.63, 3.8) is 0 Å². The maximum Gasteiger partial charge on any atom is 0.275 e. The van der Waals surface area contributed by atoms with Gasteiger partial charge in [0.1, 0.15) is 5.82 Å². The number of rotatable bonds is 7. The molecule has 6 nitrogen and oxygen atoms in total. The van der Waals surface area contributed by atoms with E-state index < -0.39 is 10.8 Å². The van der Waals surface area contributed by atoms with Crippen LogP contribution in [0, 0.1) is 0 Å². The fraction of sp³-hybridized carbons (Fsp3) is 0.190. The molecule has 0 saturated heterocycles. The second kappa shape index (κ2) is 9.23. The zero-order valence-corrected chi connectivity index (χ0v) is 16.4. The fourth-order valence-corrected chi connectivity index (χ4v) is 3.63. The van der Waals surface area contributed by atoms with Crippen LogP contribution >= 0.6 is 11.8 Å². The molecule has 0 aliphatic carbocycles. The minimum atomic E-state index is -0.447. The van der Waals surface area contributed by atoms with E-state index in [-0.39, 0.29) is 5.91 Å². The molecular formula is C21H22N4O2S. The van der Waals surface area contributed by atoms with Crippen LogP contribution in [0.2, 0.25) is 0 Å². The summed E-state index contributed by atoms with van der Waals surface area (Å²) in [5, 5.41) is 2.86. The van der Waals surface area contributed by atoms with Gasteiger partial charge in [-0.2, -0.15) is 4.98 Å². The monoisotopic (exact) mass is 394 g/mol. The lowest BCUT2D eigenvalue weighted by Crippen LogP contribution is -2.25. The topological polar surface area (TPSA) is 90.0 Å². The Bertz CT molecular complexity index is 990. The molecule has 144 valence electrons. The van der Waals surface area contributed by atoms with E-state index in [1.54, 1.807) is 11.5 Å². The molecule has 3 N–H and O–H groups in total. The van der Waals surface area contributed by atoms with Crippen LogP contribution in [0.5, 0.6) is 0 Å². The SMILES string of the molecule is C[C@@H](Sc1nc(=O)cc(N)n1CCc1ccccc1)C(=O)Nc1ccccc1. The van der Waals surface area contributed by atoms with Crippen LogP contribution in [0.15, 0.2) is 76.7 Å². The summed E-state index contributed by atoms with van der Waals surface area (Å²) in [5.41, 5.74) is 7.54. The zero-order chi connectivity index (χ0) is 19.9. The molecule has 0 fully saturated rings. The van der Waals surface area contributed by atoms with Gasteiger partial charge in [-0.25, -0.2) is 0 Å². The maximum atomic E-state index is 12.5. The molecule has 0 bridgehead atoms. The first kappa shape index (κ1) is 19.7. The Morgan fingerprint density at radius 3 is 2.46 bits per heavy atom. The van der Waals surface area contributed by atoms with Crippen molar-refractivity contribution in [2.24, 2.45) is 0 Å². The summed E-state index contributed by atoms with van der Waals surface area (Å²) in [5.74, 6) is 0.177. The van der Waals surface area contributed by atoms with E-state index in [0.717, 1.165) is 17.7 Å². The van der Waals surface area contributed by atoms with Gasteiger partial charge in [0.15, 0.2) is 5.16 Å². The summed E-state index contributed by atoms with van der Waals surface area (Å²) in [6, 6.07) is 20.6. The van der Waals surface area contributed by atoms with Crippen molar-refractivity contribution in [3.05, 3.63) is 82.6 Å². The Morgan fingerprint density at radius 2 is 1.79 bits per heavy atom. The number of hydrogen-bond donors (Lipinski definition) is 2. The van der Waals surface area contributed by atoms with E-state index in [1.165, 1.54) is 17.8 Å². The number of carbonyl (C=O) groups is 1. The molecular weight excluding hydrogens is 372 g/mol. The largest absolute Gasteiger partial charge is 0.385 e. The summed E-state index contributed by atoms with van der Waals surface area (Å²) >= 11 is 1.22. The number of hydrogen-bond acceptors (Lipinski definition) is 5. The number of nitrogens with two attached hydrogens (primary N) is 1.